The van der Waals surface area contributed by atoms with Gasteiger partial charge in [-0.25, -0.2) is 13.4 Å². The smallest absolute Gasteiger partial charge is 0.275 e. The van der Waals surface area contributed by atoms with Crippen LogP contribution in [0, 0.1) is 13.8 Å². The molecule has 0 saturated heterocycles. The molecule has 20 heavy (non-hydrogen) atoms. The second-order valence-corrected chi connectivity index (χ2v) is 7.50. The SMILES string of the molecule is Cc1nc(C)c(S(=O)(=O)N(CCO)c2ccccc2)s1. The van der Waals surface area contributed by atoms with E-state index in [1.54, 1.807) is 38.1 Å². The van der Waals surface area contributed by atoms with Crippen LogP contribution in [0.5, 0.6) is 0 Å². The van der Waals surface area contributed by atoms with E-state index in [4.69, 9.17) is 5.11 Å². The van der Waals surface area contributed by atoms with Crippen molar-refractivity contribution < 1.29 is 13.5 Å². The van der Waals surface area contributed by atoms with Gasteiger partial charge in [-0.3, -0.25) is 4.31 Å². The predicted molar refractivity (Wildman–Crippen MR) is 79.6 cm³/mol. The highest BCUT2D eigenvalue weighted by atomic mass is 32.2. The van der Waals surface area contributed by atoms with Gasteiger partial charge >= 0.3 is 0 Å². The summed E-state index contributed by atoms with van der Waals surface area (Å²) in [5, 5.41) is 9.87. The number of hydrogen-bond donors (Lipinski definition) is 1. The zero-order chi connectivity index (χ0) is 14.8. The van der Waals surface area contributed by atoms with Crippen LogP contribution in [0.3, 0.4) is 0 Å². The maximum Gasteiger partial charge on any atom is 0.275 e. The van der Waals surface area contributed by atoms with Gasteiger partial charge in [-0.2, -0.15) is 0 Å². The Kier molecular flexibility index (Phi) is 4.42. The molecule has 2 rings (SSSR count). The molecule has 1 aromatic heterocycles. The molecule has 0 fully saturated rings. The summed E-state index contributed by atoms with van der Waals surface area (Å²) >= 11 is 1.15. The third-order valence-corrected chi connectivity index (χ3v) is 6.22. The summed E-state index contributed by atoms with van der Waals surface area (Å²) in [6, 6.07) is 8.75. The molecule has 1 heterocycles. The molecule has 0 aliphatic heterocycles. The van der Waals surface area contributed by atoms with E-state index >= 15 is 0 Å². The van der Waals surface area contributed by atoms with Gasteiger partial charge < -0.3 is 5.11 Å². The molecule has 0 aliphatic carbocycles. The minimum absolute atomic E-state index is 0.0166. The molecule has 0 aliphatic rings. The van der Waals surface area contributed by atoms with Gasteiger partial charge in [0.15, 0.2) is 4.21 Å². The van der Waals surface area contributed by atoms with Crippen molar-refractivity contribution in [3.05, 3.63) is 41.0 Å². The van der Waals surface area contributed by atoms with Gasteiger partial charge in [-0.05, 0) is 26.0 Å². The highest BCUT2D eigenvalue weighted by Gasteiger charge is 2.28. The van der Waals surface area contributed by atoms with Gasteiger partial charge in [0.2, 0.25) is 0 Å². The van der Waals surface area contributed by atoms with Crippen molar-refractivity contribution in [3.8, 4) is 0 Å². The maximum absolute atomic E-state index is 12.7. The number of rotatable bonds is 5. The Balaban J connectivity index is 2.51. The number of benzene rings is 1. The first-order valence-electron chi connectivity index (χ1n) is 6.09. The molecule has 2 aromatic rings. The van der Waals surface area contributed by atoms with Crippen LogP contribution in [0.15, 0.2) is 34.5 Å². The fourth-order valence-corrected chi connectivity index (χ4v) is 4.96. The van der Waals surface area contributed by atoms with Crippen LogP contribution in [0.1, 0.15) is 10.7 Å². The second kappa shape index (κ2) is 5.90. The molecular weight excluding hydrogens is 296 g/mol. The minimum atomic E-state index is -3.70. The second-order valence-electron chi connectivity index (χ2n) is 4.24. The van der Waals surface area contributed by atoms with E-state index in [1.807, 2.05) is 6.07 Å². The predicted octanol–water partition coefficient (Wildman–Crippen LogP) is 1.95. The summed E-state index contributed by atoms with van der Waals surface area (Å²) in [5.74, 6) is 0. The Hall–Kier alpha value is -1.44. The third kappa shape index (κ3) is 2.84. The van der Waals surface area contributed by atoms with Crippen molar-refractivity contribution >= 4 is 27.0 Å². The van der Waals surface area contributed by atoms with E-state index < -0.39 is 10.0 Å². The average Bonchev–Trinajstić information content (AvgIpc) is 2.76. The van der Waals surface area contributed by atoms with Crippen LogP contribution in [0.25, 0.3) is 0 Å². The van der Waals surface area contributed by atoms with Crippen molar-refractivity contribution in [2.75, 3.05) is 17.5 Å². The number of anilines is 1. The van der Waals surface area contributed by atoms with Gasteiger partial charge in [-0.15, -0.1) is 11.3 Å². The molecule has 7 heteroatoms. The standard InChI is InChI=1S/C13H16N2O3S2/c1-10-13(19-11(2)14-10)20(17,18)15(8-9-16)12-6-4-3-5-7-12/h3-7,16H,8-9H2,1-2H3. The Bertz CT molecular complexity index is 681. The van der Waals surface area contributed by atoms with Crippen molar-refractivity contribution in [2.45, 2.75) is 18.1 Å². The molecule has 0 spiro atoms. The molecule has 1 N–H and O–H groups in total. The molecule has 0 unspecified atom stereocenters. The summed E-state index contributed by atoms with van der Waals surface area (Å²) in [5.41, 5.74) is 1.03. The number of hydrogen-bond acceptors (Lipinski definition) is 5. The van der Waals surface area contributed by atoms with E-state index in [1.165, 1.54) is 4.31 Å². The van der Waals surface area contributed by atoms with Crippen molar-refractivity contribution in [1.82, 2.24) is 4.98 Å². The Morgan fingerprint density at radius 3 is 2.40 bits per heavy atom. The van der Waals surface area contributed by atoms with Crippen LogP contribution in [0.4, 0.5) is 5.69 Å². The molecule has 0 amide bonds. The molecule has 1 aromatic carbocycles. The van der Waals surface area contributed by atoms with Crippen molar-refractivity contribution in [3.63, 3.8) is 0 Å². The fourth-order valence-electron chi connectivity index (χ4n) is 1.93. The monoisotopic (exact) mass is 312 g/mol. The summed E-state index contributed by atoms with van der Waals surface area (Å²) in [7, 11) is -3.70. The molecular formula is C13H16N2O3S2. The molecule has 0 radical (unpaired) electrons. The summed E-state index contributed by atoms with van der Waals surface area (Å²) in [6.07, 6.45) is 0. The topological polar surface area (TPSA) is 70.5 Å². The lowest BCUT2D eigenvalue weighted by Crippen LogP contribution is -2.33. The van der Waals surface area contributed by atoms with E-state index in [0.29, 0.717) is 16.4 Å². The maximum atomic E-state index is 12.7. The van der Waals surface area contributed by atoms with Crippen LogP contribution in [-0.4, -0.2) is 31.7 Å². The summed E-state index contributed by atoms with van der Waals surface area (Å²) in [6.45, 7) is 3.22. The summed E-state index contributed by atoms with van der Waals surface area (Å²) in [4.78, 5) is 4.16. The first-order valence-corrected chi connectivity index (χ1v) is 8.35. The molecule has 0 bridgehead atoms. The first kappa shape index (κ1) is 15.0. The van der Waals surface area contributed by atoms with Gasteiger partial charge in [-0.1, -0.05) is 18.2 Å². The molecule has 108 valence electrons. The van der Waals surface area contributed by atoms with Gasteiger partial charge in [0.1, 0.15) is 0 Å². The highest BCUT2D eigenvalue weighted by Crippen LogP contribution is 2.29. The number of para-hydroxylation sites is 1. The molecule has 0 atom stereocenters. The fraction of sp³-hybridized carbons (Fsp3) is 0.308. The lowest BCUT2D eigenvalue weighted by atomic mass is 10.3. The van der Waals surface area contributed by atoms with Crippen LogP contribution in [0.2, 0.25) is 0 Å². The van der Waals surface area contributed by atoms with Gasteiger partial charge in [0.05, 0.1) is 29.5 Å². The van der Waals surface area contributed by atoms with Crippen LogP contribution < -0.4 is 4.31 Å². The molecule has 0 saturated carbocycles. The highest BCUT2D eigenvalue weighted by molar-refractivity contribution is 7.94. The van der Waals surface area contributed by atoms with Crippen molar-refractivity contribution in [1.29, 1.82) is 0 Å². The molecule has 5 nitrogen and oxygen atoms in total. The van der Waals surface area contributed by atoms with Crippen LogP contribution in [-0.2, 0) is 10.0 Å². The summed E-state index contributed by atoms with van der Waals surface area (Å²) < 4.78 is 26.9. The Morgan fingerprint density at radius 1 is 1.25 bits per heavy atom. The lowest BCUT2D eigenvalue weighted by molar-refractivity contribution is 0.306. The first-order chi connectivity index (χ1) is 9.46. The number of aromatic nitrogens is 1. The quantitative estimate of drug-likeness (QED) is 0.916. The average molecular weight is 312 g/mol. The van der Waals surface area contributed by atoms with Crippen LogP contribution >= 0.6 is 11.3 Å². The number of aryl methyl sites for hydroxylation is 2. The Labute approximate surface area is 122 Å². The zero-order valence-electron chi connectivity index (χ0n) is 11.3. The number of sulfonamides is 1. The van der Waals surface area contributed by atoms with Crippen molar-refractivity contribution in [2.24, 2.45) is 0 Å². The van der Waals surface area contributed by atoms with E-state index in [2.05, 4.69) is 4.98 Å². The van der Waals surface area contributed by atoms with Gasteiger partial charge in [0, 0.05) is 0 Å². The minimum Gasteiger partial charge on any atom is -0.394 e. The lowest BCUT2D eigenvalue weighted by Gasteiger charge is -2.22. The van der Waals surface area contributed by atoms with E-state index in [-0.39, 0.29) is 17.4 Å². The Morgan fingerprint density at radius 2 is 1.90 bits per heavy atom. The number of thiazole rings is 1. The van der Waals surface area contributed by atoms with Gasteiger partial charge in [0.25, 0.3) is 10.0 Å². The number of aliphatic hydroxyl groups excluding tert-OH is 1. The number of nitrogens with zero attached hydrogens (tertiary/aromatic N) is 2. The third-order valence-electron chi connectivity index (χ3n) is 2.73. The largest absolute Gasteiger partial charge is 0.394 e. The van der Waals surface area contributed by atoms with E-state index in [9.17, 15) is 8.42 Å². The zero-order valence-corrected chi connectivity index (χ0v) is 12.9. The normalized spacial score (nSPS) is 11.6. The van der Waals surface area contributed by atoms with E-state index in [0.717, 1.165) is 11.3 Å². The number of aliphatic hydroxyl groups is 1.